The van der Waals surface area contributed by atoms with Gasteiger partial charge in [-0.15, -0.1) is 0 Å². The van der Waals surface area contributed by atoms with Crippen LogP contribution in [0.5, 0.6) is 0 Å². The normalized spacial score (nSPS) is 13.2. The summed E-state index contributed by atoms with van der Waals surface area (Å²) in [5.41, 5.74) is 6.59. The molecule has 23 heavy (non-hydrogen) atoms. The third-order valence-electron chi connectivity index (χ3n) is 4.22. The number of rotatable bonds is 2. The van der Waals surface area contributed by atoms with Gasteiger partial charge >= 0.3 is 0 Å². The van der Waals surface area contributed by atoms with Crippen molar-refractivity contribution in [1.29, 1.82) is 0 Å². The predicted octanol–water partition coefficient (Wildman–Crippen LogP) is 4.30. The van der Waals surface area contributed by atoms with E-state index in [1.165, 1.54) is 5.39 Å². The van der Waals surface area contributed by atoms with E-state index in [1.54, 1.807) is 0 Å². The molecule has 0 radical (unpaired) electrons. The van der Waals surface area contributed by atoms with Crippen LogP contribution in [0.25, 0.3) is 21.5 Å². The second-order valence-electron chi connectivity index (χ2n) is 7.06. The highest BCUT2D eigenvalue weighted by Crippen LogP contribution is 2.29. The minimum atomic E-state index is -0.557. The number of hydrogen-bond donors (Lipinski definition) is 2. The molecule has 0 spiro atoms. The first-order chi connectivity index (χ1) is 10.9. The van der Waals surface area contributed by atoms with Gasteiger partial charge in [0.1, 0.15) is 0 Å². The van der Waals surface area contributed by atoms with Gasteiger partial charge in [0.05, 0.1) is 6.04 Å². The monoisotopic (exact) mass is 306 g/mol. The van der Waals surface area contributed by atoms with Crippen molar-refractivity contribution in [3.63, 3.8) is 0 Å². The molecule has 3 aromatic rings. The van der Waals surface area contributed by atoms with Crippen LogP contribution in [0.4, 0.5) is 5.69 Å². The Morgan fingerprint density at radius 3 is 2.22 bits per heavy atom. The third kappa shape index (κ3) is 3.06. The summed E-state index contributed by atoms with van der Waals surface area (Å²) in [5, 5.41) is 7.47. The molecule has 0 aliphatic heterocycles. The Bertz CT molecular complexity index is 878. The van der Waals surface area contributed by atoms with Crippen molar-refractivity contribution >= 4 is 33.1 Å². The van der Waals surface area contributed by atoms with Crippen LogP contribution in [-0.2, 0) is 4.79 Å². The summed E-state index contributed by atoms with van der Waals surface area (Å²) in [4.78, 5) is 12.4. The molecule has 0 saturated heterocycles. The molecule has 3 heteroatoms. The topological polar surface area (TPSA) is 55.1 Å². The standard InChI is InChI=1S/C20H22N2O/c1-20(2,3)18(21)19(23)22-17-10-6-9-15-11-13-7-4-5-8-14(13)12-16(15)17/h4-12,18H,21H2,1-3H3,(H,22,23)/t18-/m1/s1. The second-order valence-corrected chi connectivity index (χ2v) is 7.06. The molecule has 3 aromatic carbocycles. The lowest BCUT2D eigenvalue weighted by Gasteiger charge is -2.26. The number of hydrogen-bond acceptors (Lipinski definition) is 2. The van der Waals surface area contributed by atoms with Crippen molar-refractivity contribution in [3.8, 4) is 0 Å². The molecule has 0 aliphatic rings. The van der Waals surface area contributed by atoms with Crippen LogP contribution in [0.3, 0.4) is 0 Å². The summed E-state index contributed by atoms with van der Waals surface area (Å²) in [5.74, 6) is -0.154. The molecule has 3 rings (SSSR count). The zero-order chi connectivity index (χ0) is 16.6. The van der Waals surface area contributed by atoms with E-state index in [0.717, 1.165) is 21.8 Å². The molecular weight excluding hydrogens is 284 g/mol. The molecular formula is C20H22N2O. The van der Waals surface area contributed by atoms with Gasteiger partial charge in [0.2, 0.25) is 5.91 Å². The van der Waals surface area contributed by atoms with Crippen LogP contribution >= 0.6 is 0 Å². The summed E-state index contributed by atoms with van der Waals surface area (Å²) >= 11 is 0. The summed E-state index contributed by atoms with van der Waals surface area (Å²) in [7, 11) is 0. The number of benzene rings is 3. The van der Waals surface area contributed by atoms with E-state index in [-0.39, 0.29) is 11.3 Å². The average Bonchev–Trinajstić information content (AvgIpc) is 2.51. The Labute approximate surface area is 136 Å². The maximum absolute atomic E-state index is 12.4. The minimum absolute atomic E-state index is 0.154. The molecule has 0 aliphatic carbocycles. The van der Waals surface area contributed by atoms with E-state index in [4.69, 9.17) is 5.73 Å². The molecule has 1 amide bonds. The van der Waals surface area contributed by atoms with Crippen molar-refractivity contribution < 1.29 is 4.79 Å². The quantitative estimate of drug-likeness (QED) is 0.693. The van der Waals surface area contributed by atoms with Crippen LogP contribution < -0.4 is 11.1 Å². The van der Waals surface area contributed by atoms with Gasteiger partial charge < -0.3 is 11.1 Å². The van der Waals surface area contributed by atoms with Crippen molar-refractivity contribution in [2.75, 3.05) is 5.32 Å². The summed E-state index contributed by atoms with van der Waals surface area (Å²) in [6.07, 6.45) is 0. The van der Waals surface area contributed by atoms with Gasteiger partial charge in [0, 0.05) is 11.1 Å². The van der Waals surface area contributed by atoms with Crippen LogP contribution in [0, 0.1) is 5.41 Å². The first-order valence-corrected chi connectivity index (χ1v) is 7.84. The Balaban J connectivity index is 2.04. The number of nitrogens with one attached hydrogen (secondary N) is 1. The third-order valence-corrected chi connectivity index (χ3v) is 4.22. The Kier molecular flexibility index (Phi) is 3.82. The average molecular weight is 306 g/mol. The molecule has 0 fully saturated rings. The van der Waals surface area contributed by atoms with E-state index in [1.807, 2.05) is 45.0 Å². The van der Waals surface area contributed by atoms with Gasteiger partial charge in [0.15, 0.2) is 0 Å². The zero-order valence-electron chi connectivity index (χ0n) is 13.8. The molecule has 1 atom stereocenters. The van der Waals surface area contributed by atoms with Crippen molar-refractivity contribution in [3.05, 3.63) is 54.6 Å². The van der Waals surface area contributed by atoms with Gasteiger partial charge in [-0.25, -0.2) is 0 Å². The van der Waals surface area contributed by atoms with E-state index < -0.39 is 6.04 Å². The number of amides is 1. The minimum Gasteiger partial charge on any atom is -0.324 e. The van der Waals surface area contributed by atoms with Crippen LogP contribution in [0.2, 0.25) is 0 Å². The largest absolute Gasteiger partial charge is 0.324 e. The fourth-order valence-electron chi connectivity index (χ4n) is 2.68. The highest BCUT2D eigenvalue weighted by Gasteiger charge is 2.27. The number of carbonyl (C=O) groups is 1. The lowest BCUT2D eigenvalue weighted by Crippen LogP contribution is -2.45. The lowest BCUT2D eigenvalue weighted by molar-refractivity contribution is -0.119. The molecule has 0 aromatic heterocycles. The summed E-state index contributed by atoms with van der Waals surface area (Å²) < 4.78 is 0. The Morgan fingerprint density at radius 1 is 0.957 bits per heavy atom. The van der Waals surface area contributed by atoms with E-state index >= 15 is 0 Å². The van der Waals surface area contributed by atoms with Gasteiger partial charge in [-0.05, 0) is 39.8 Å². The van der Waals surface area contributed by atoms with Gasteiger partial charge in [-0.1, -0.05) is 57.2 Å². The van der Waals surface area contributed by atoms with E-state index in [2.05, 4.69) is 35.6 Å². The van der Waals surface area contributed by atoms with Crippen LogP contribution in [0.15, 0.2) is 54.6 Å². The SMILES string of the molecule is CC(C)(C)[C@H](N)C(=O)Nc1cccc2cc3ccccc3cc12. The summed E-state index contributed by atoms with van der Waals surface area (Å²) in [6, 6.07) is 17.9. The van der Waals surface area contributed by atoms with E-state index in [0.29, 0.717) is 0 Å². The molecule has 3 nitrogen and oxygen atoms in total. The smallest absolute Gasteiger partial charge is 0.241 e. The molecule has 0 unspecified atom stereocenters. The number of fused-ring (bicyclic) bond motifs is 2. The maximum Gasteiger partial charge on any atom is 0.241 e. The van der Waals surface area contributed by atoms with E-state index in [9.17, 15) is 4.79 Å². The number of carbonyl (C=O) groups excluding carboxylic acids is 1. The van der Waals surface area contributed by atoms with Crippen LogP contribution in [0.1, 0.15) is 20.8 Å². The molecule has 0 saturated carbocycles. The Hall–Kier alpha value is -2.39. The fourth-order valence-corrected chi connectivity index (χ4v) is 2.68. The van der Waals surface area contributed by atoms with Gasteiger partial charge in [-0.2, -0.15) is 0 Å². The van der Waals surface area contributed by atoms with Crippen molar-refractivity contribution in [2.45, 2.75) is 26.8 Å². The second kappa shape index (κ2) is 5.67. The number of nitrogens with two attached hydrogens (primary N) is 1. The summed E-state index contributed by atoms with van der Waals surface area (Å²) in [6.45, 7) is 5.90. The Morgan fingerprint density at radius 2 is 1.57 bits per heavy atom. The molecule has 0 bridgehead atoms. The molecule has 0 heterocycles. The first kappa shape index (κ1) is 15.5. The van der Waals surface area contributed by atoms with Gasteiger partial charge in [0.25, 0.3) is 0 Å². The lowest BCUT2D eigenvalue weighted by atomic mass is 9.87. The highest BCUT2D eigenvalue weighted by molar-refractivity contribution is 6.08. The van der Waals surface area contributed by atoms with Crippen LogP contribution in [-0.4, -0.2) is 11.9 Å². The highest BCUT2D eigenvalue weighted by atomic mass is 16.2. The molecule has 3 N–H and O–H groups in total. The molecule has 118 valence electrons. The van der Waals surface area contributed by atoms with Crippen molar-refractivity contribution in [2.24, 2.45) is 11.1 Å². The maximum atomic E-state index is 12.4. The van der Waals surface area contributed by atoms with Gasteiger partial charge in [-0.3, -0.25) is 4.79 Å². The fraction of sp³-hybridized carbons (Fsp3) is 0.250. The van der Waals surface area contributed by atoms with Crippen molar-refractivity contribution in [1.82, 2.24) is 0 Å². The first-order valence-electron chi connectivity index (χ1n) is 7.84. The predicted molar refractivity (Wildman–Crippen MR) is 97.5 cm³/mol. The number of anilines is 1. The zero-order valence-corrected chi connectivity index (χ0v) is 13.8.